The minimum Gasteiger partial charge on any atom is -0.334 e. The van der Waals surface area contributed by atoms with Gasteiger partial charge in [0.25, 0.3) is 6.71 Å². The van der Waals surface area contributed by atoms with Gasteiger partial charge in [-0.1, -0.05) is 171 Å². The van der Waals surface area contributed by atoms with Gasteiger partial charge in [-0.3, -0.25) is 0 Å². The largest absolute Gasteiger partial charge is 0.334 e. The van der Waals surface area contributed by atoms with E-state index < -0.39 is 0 Å². The molecule has 2 atom stereocenters. The molecule has 5 heteroatoms. The number of thiophene rings is 1. The van der Waals surface area contributed by atoms with Crippen molar-refractivity contribution in [1.82, 2.24) is 0 Å². The number of nitrogens with zero attached hydrogens (tertiary/aromatic N) is 3. The van der Waals surface area contributed by atoms with Crippen LogP contribution in [0.1, 0.15) is 103 Å². The van der Waals surface area contributed by atoms with Crippen molar-refractivity contribution in [2.45, 2.75) is 110 Å². The number of rotatable bonds is 5. The van der Waals surface area contributed by atoms with Crippen LogP contribution in [0, 0.1) is 6.92 Å². The van der Waals surface area contributed by atoms with E-state index >= 15 is 0 Å². The molecule has 1 aromatic heterocycles. The van der Waals surface area contributed by atoms with Crippen molar-refractivity contribution in [2.75, 3.05) is 14.7 Å². The molecule has 374 valence electrons. The van der Waals surface area contributed by atoms with Gasteiger partial charge in [0.15, 0.2) is 0 Å². The lowest BCUT2D eigenvalue weighted by Crippen LogP contribution is -2.61. The second kappa shape index (κ2) is 16.8. The van der Waals surface area contributed by atoms with Crippen LogP contribution in [-0.4, -0.2) is 12.3 Å². The molecular weight excluding hydrogens is 938 g/mol. The van der Waals surface area contributed by atoms with Gasteiger partial charge in [-0.2, -0.15) is 0 Å². The monoisotopic (exact) mass is 1000 g/mol. The van der Waals surface area contributed by atoms with Gasteiger partial charge in [0, 0.05) is 71.0 Å². The van der Waals surface area contributed by atoms with E-state index in [0.717, 1.165) is 6.42 Å². The lowest BCUT2D eigenvalue weighted by atomic mass is 9.33. The van der Waals surface area contributed by atoms with Crippen LogP contribution in [0.4, 0.5) is 45.5 Å². The Hall–Kier alpha value is -7.34. The van der Waals surface area contributed by atoms with Crippen molar-refractivity contribution < 1.29 is 0 Å². The van der Waals surface area contributed by atoms with E-state index in [1.54, 1.807) is 0 Å². The van der Waals surface area contributed by atoms with Gasteiger partial charge < -0.3 is 14.7 Å². The fourth-order valence-electron chi connectivity index (χ4n) is 14.1. The third kappa shape index (κ3) is 7.00. The van der Waals surface area contributed by atoms with E-state index in [0.29, 0.717) is 0 Å². The summed E-state index contributed by atoms with van der Waals surface area (Å²) in [6.07, 6.45) is 4.77. The van der Waals surface area contributed by atoms with Crippen LogP contribution in [0.25, 0.3) is 42.4 Å². The first-order valence-electron chi connectivity index (χ1n) is 27.7. The molecule has 2 unspecified atom stereocenters. The highest BCUT2D eigenvalue weighted by molar-refractivity contribution is 7.25. The molecule has 0 saturated heterocycles. The van der Waals surface area contributed by atoms with E-state index in [1.165, 1.54) is 146 Å². The predicted molar refractivity (Wildman–Crippen MR) is 329 cm³/mol. The van der Waals surface area contributed by atoms with Crippen molar-refractivity contribution in [1.29, 1.82) is 0 Å². The maximum Gasteiger partial charge on any atom is 0.252 e. The fourth-order valence-corrected chi connectivity index (χ4v) is 15.2. The second-order valence-electron chi connectivity index (χ2n) is 25.0. The van der Waals surface area contributed by atoms with E-state index in [4.69, 9.17) is 0 Å². The zero-order valence-electron chi connectivity index (χ0n) is 45.6. The van der Waals surface area contributed by atoms with E-state index in [1.807, 2.05) is 11.3 Å². The summed E-state index contributed by atoms with van der Waals surface area (Å²) in [5, 5.41) is 2.62. The molecule has 0 bridgehead atoms. The summed E-state index contributed by atoms with van der Waals surface area (Å²) in [5.74, 6) is 0. The maximum absolute atomic E-state index is 2.78. The third-order valence-corrected chi connectivity index (χ3v) is 19.5. The first kappa shape index (κ1) is 47.1. The number of aryl methyl sites for hydroxylation is 1. The number of hydrogen-bond acceptors (Lipinski definition) is 4. The Bertz CT molecular complexity index is 3990. The molecule has 3 aliphatic heterocycles. The van der Waals surface area contributed by atoms with Crippen molar-refractivity contribution in [3.8, 4) is 22.3 Å². The van der Waals surface area contributed by atoms with Crippen molar-refractivity contribution >= 4 is 100 Å². The maximum atomic E-state index is 2.78. The Morgan fingerprint density at radius 3 is 1.82 bits per heavy atom. The predicted octanol–water partition coefficient (Wildman–Crippen LogP) is 18.1. The Morgan fingerprint density at radius 2 is 1.07 bits per heavy atom. The first-order valence-corrected chi connectivity index (χ1v) is 28.6. The highest BCUT2D eigenvalue weighted by Gasteiger charge is 2.58. The van der Waals surface area contributed by atoms with Crippen LogP contribution >= 0.6 is 11.3 Å². The molecule has 0 N–H and O–H groups in total. The summed E-state index contributed by atoms with van der Waals surface area (Å²) in [6.45, 7) is 21.5. The van der Waals surface area contributed by atoms with E-state index in [2.05, 4.69) is 265 Å². The van der Waals surface area contributed by atoms with Crippen molar-refractivity contribution in [3.05, 3.63) is 210 Å². The Kier molecular flexibility index (Phi) is 10.4. The highest BCUT2D eigenvalue weighted by Crippen LogP contribution is 2.62. The SMILES string of the molecule is Cc1cc2c3c(c1)N(c1ccc(C(C)(C)C)cc1-c1ccccc1)c1cc(C(C)(C)C)ccc1B3c1ccc(N3c4ccc(-c5ccccc5)cc4C4(C)CCCCC34C)cc1N2c1ccc2sc3ccccc3c2c1. The van der Waals surface area contributed by atoms with Crippen LogP contribution in [0.2, 0.25) is 0 Å². The van der Waals surface area contributed by atoms with Crippen LogP contribution < -0.4 is 31.1 Å². The molecule has 1 fully saturated rings. The molecule has 14 rings (SSSR count). The Morgan fingerprint density at radius 1 is 0.461 bits per heavy atom. The van der Waals surface area contributed by atoms with Crippen LogP contribution in [0.15, 0.2) is 188 Å². The average molecular weight is 1000 g/mol. The summed E-state index contributed by atoms with van der Waals surface area (Å²) in [5.41, 5.74) is 24.2. The van der Waals surface area contributed by atoms with Crippen LogP contribution in [0.3, 0.4) is 0 Å². The molecule has 1 saturated carbocycles. The lowest BCUT2D eigenvalue weighted by molar-refractivity contribution is 0.195. The van der Waals surface area contributed by atoms with Gasteiger partial charge in [0.05, 0.1) is 11.2 Å². The van der Waals surface area contributed by atoms with E-state index in [9.17, 15) is 0 Å². The Balaban J connectivity index is 1.05. The van der Waals surface area contributed by atoms with Gasteiger partial charge in [-0.15, -0.1) is 11.3 Å². The number of benzene rings is 9. The second-order valence-corrected chi connectivity index (χ2v) is 26.0. The summed E-state index contributed by atoms with van der Waals surface area (Å²) < 4.78 is 2.64. The lowest BCUT2D eigenvalue weighted by Gasteiger charge is -2.50. The van der Waals surface area contributed by atoms with Gasteiger partial charge in [0.2, 0.25) is 0 Å². The molecule has 10 aromatic rings. The number of anilines is 8. The zero-order valence-corrected chi connectivity index (χ0v) is 46.4. The van der Waals surface area contributed by atoms with Crippen molar-refractivity contribution in [3.63, 3.8) is 0 Å². The minimum absolute atomic E-state index is 0.0132. The van der Waals surface area contributed by atoms with Gasteiger partial charge in [0.1, 0.15) is 0 Å². The summed E-state index contributed by atoms with van der Waals surface area (Å²) in [4.78, 5) is 8.07. The quantitative estimate of drug-likeness (QED) is 0.159. The fraction of sp³-hybridized carbons (Fsp3) is 0.239. The number of hydrogen-bond donors (Lipinski definition) is 0. The van der Waals surface area contributed by atoms with Crippen LogP contribution in [0.5, 0.6) is 0 Å². The molecule has 1 aliphatic carbocycles. The zero-order chi connectivity index (χ0) is 52.0. The van der Waals surface area contributed by atoms with Gasteiger partial charge in [-0.05, 0) is 172 Å². The molecule has 0 radical (unpaired) electrons. The normalized spacial score (nSPS) is 18.6. The third-order valence-electron chi connectivity index (χ3n) is 18.3. The molecule has 3 nitrogen and oxygen atoms in total. The first-order chi connectivity index (χ1) is 36.6. The van der Waals surface area contributed by atoms with Gasteiger partial charge in [-0.25, -0.2) is 0 Å². The topological polar surface area (TPSA) is 9.72 Å². The number of fused-ring (bicyclic) bond motifs is 10. The molecule has 9 aromatic carbocycles. The summed E-state index contributed by atoms with van der Waals surface area (Å²) in [6, 6.07) is 72.8. The molecule has 0 spiro atoms. The van der Waals surface area contributed by atoms with Crippen molar-refractivity contribution in [2.24, 2.45) is 0 Å². The van der Waals surface area contributed by atoms with Gasteiger partial charge >= 0.3 is 0 Å². The smallest absolute Gasteiger partial charge is 0.252 e. The molecule has 4 aliphatic rings. The molecule has 76 heavy (non-hydrogen) atoms. The molecule has 4 heterocycles. The summed E-state index contributed by atoms with van der Waals surface area (Å²) >= 11 is 1.89. The highest BCUT2D eigenvalue weighted by atomic mass is 32.1. The Labute approximate surface area is 454 Å². The van der Waals surface area contributed by atoms with Crippen LogP contribution in [-0.2, 0) is 16.2 Å². The summed E-state index contributed by atoms with van der Waals surface area (Å²) in [7, 11) is 0. The standard InChI is InChI=1S/C71H66BN3S/c1-45-38-63-67-64(39-45)74(59-34-28-49(68(2,3)4)41-54(59)47-22-14-11-15-23-47)61-42-50(69(5,6)7)27-31-57(61)72(67)58-32-29-52(44-62(58)73(63)51-30-35-66-55(43-51)53-24-16-17-25-65(53)76-66)75-60-33-26-48(46-20-12-10-13-21-46)40-56(60)70(8)36-18-19-37-71(70,75)9/h10-17,20-35,38-44H,18-19,36-37H2,1-9H3. The van der Waals surface area contributed by atoms with E-state index in [-0.39, 0.29) is 28.5 Å². The minimum atomic E-state index is -0.118. The molecular formula is C71H66BN3S. The average Bonchev–Trinajstić information content (AvgIpc) is 3.90. The molecule has 0 amide bonds.